The van der Waals surface area contributed by atoms with Gasteiger partial charge in [-0.1, -0.05) is 6.92 Å². The Morgan fingerprint density at radius 3 is 2.57 bits per heavy atom. The number of aliphatic carboxylic acids is 1. The number of nitrogens with zero attached hydrogens (tertiary/aromatic N) is 1. The molecule has 6 nitrogen and oxygen atoms in total. The number of anilines is 1. The Morgan fingerprint density at radius 2 is 1.96 bits per heavy atom. The van der Waals surface area contributed by atoms with E-state index < -0.39 is 29.6 Å². The second-order valence-electron chi connectivity index (χ2n) is 5.68. The molecule has 1 fully saturated rings. The molecule has 0 aliphatic carbocycles. The quantitative estimate of drug-likeness (QED) is 0.894. The van der Waals surface area contributed by atoms with Crippen LogP contribution in [-0.4, -0.2) is 42.2 Å². The van der Waals surface area contributed by atoms with Gasteiger partial charge in [-0.3, -0.25) is 4.79 Å². The molecule has 0 saturated carbocycles. The standard InChI is InChI=1S/C15H18F2N2O4/c1-8-3-9(14(20)21)7-19(6-8)15(22)18-12-4-10(16)11(17)5-13(12)23-2/h4-5,8-9H,3,6-7H2,1-2H3,(H,18,22)(H,20,21). The number of rotatable bonds is 3. The molecule has 126 valence electrons. The molecule has 8 heteroatoms. The monoisotopic (exact) mass is 328 g/mol. The summed E-state index contributed by atoms with van der Waals surface area (Å²) in [4.78, 5) is 24.8. The number of carbonyl (C=O) groups is 2. The molecule has 2 rings (SSSR count). The van der Waals surface area contributed by atoms with E-state index in [1.807, 2.05) is 6.92 Å². The van der Waals surface area contributed by atoms with E-state index in [1.54, 1.807) is 0 Å². The molecule has 2 unspecified atom stereocenters. The minimum Gasteiger partial charge on any atom is -0.494 e. The van der Waals surface area contributed by atoms with E-state index in [0.29, 0.717) is 13.0 Å². The first-order chi connectivity index (χ1) is 10.8. The van der Waals surface area contributed by atoms with Crippen molar-refractivity contribution in [2.45, 2.75) is 13.3 Å². The van der Waals surface area contributed by atoms with Crippen LogP contribution in [0.4, 0.5) is 19.3 Å². The normalized spacial score (nSPS) is 21.0. The zero-order valence-corrected chi connectivity index (χ0v) is 12.8. The highest BCUT2D eigenvalue weighted by Gasteiger charge is 2.32. The topological polar surface area (TPSA) is 78.9 Å². The minimum atomic E-state index is -1.11. The van der Waals surface area contributed by atoms with Gasteiger partial charge in [0.2, 0.25) is 0 Å². The number of carboxylic acids is 1. The Hall–Kier alpha value is -2.38. The molecule has 0 bridgehead atoms. The van der Waals surface area contributed by atoms with Gasteiger partial charge in [0, 0.05) is 25.2 Å². The molecule has 1 aliphatic rings. The second kappa shape index (κ2) is 6.80. The largest absolute Gasteiger partial charge is 0.494 e. The van der Waals surface area contributed by atoms with Crippen LogP contribution in [0.25, 0.3) is 0 Å². The first kappa shape index (κ1) is 17.0. The molecule has 1 aromatic rings. The number of amides is 2. The third kappa shape index (κ3) is 3.88. The second-order valence-corrected chi connectivity index (χ2v) is 5.68. The van der Waals surface area contributed by atoms with E-state index in [2.05, 4.69) is 5.32 Å². The number of carbonyl (C=O) groups excluding carboxylic acids is 1. The Labute approximate surface area is 132 Å². The van der Waals surface area contributed by atoms with Crippen LogP contribution >= 0.6 is 0 Å². The van der Waals surface area contributed by atoms with Gasteiger partial charge in [0.05, 0.1) is 18.7 Å². The maximum atomic E-state index is 13.3. The van der Waals surface area contributed by atoms with Crippen LogP contribution in [0, 0.1) is 23.5 Å². The number of benzene rings is 1. The van der Waals surface area contributed by atoms with E-state index in [4.69, 9.17) is 9.84 Å². The summed E-state index contributed by atoms with van der Waals surface area (Å²) < 4.78 is 31.4. The highest BCUT2D eigenvalue weighted by Crippen LogP contribution is 2.28. The zero-order valence-electron chi connectivity index (χ0n) is 12.8. The van der Waals surface area contributed by atoms with Crippen LogP contribution in [0.5, 0.6) is 5.75 Å². The lowest BCUT2D eigenvalue weighted by Crippen LogP contribution is -2.47. The summed E-state index contributed by atoms with van der Waals surface area (Å²) in [6, 6.07) is 1.09. The van der Waals surface area contributed by atoms with Crippen LogP contribution in [0.3, 0.4) is 0 Å². The van der Waals surface area contributed by atoms with Crippen LogP contribution in [0.15, 0.2) is 12.1 Å². The molecule has 2 atom stereocenters. The summed E-state index contributed by atoms with van der Waals surface area (Å²) in [5, 5.41) is 11.6. The fraction of sp³-hybridized carbons (Fsp3) is 0.467. The number of halogens is 2. The SMILES string of the molecule is COc1cc(F)c(F)cc1NC(=O)N1CC(C)CC(C(=O)O)C1. The van der Waals surface area contributed by atoms with Crippen molar-refractivity contribution in [3.05, 3.63) is 23.8 Å². The van der Waals surface area contributed by atoms with Crippen molar-refractivity contribution in [1.82, 2.24) is 4.90 Å². The van der Waals surface area contributed by atoms with Crippen LogP contribution in [0.2, 0.25) is 0 Å². The fourth-order valence-corrected chi connectivity index (χ4v) is 2.69. The van der Waals surface area contributed by atoms with Gasteiger partial charge in [0.25, 0.3) is 0 Å². The van der Waals surface area contributed by atoms with Crippen molar-refractivity contribution in [1.29, 1.82) is 0 Å². The van der Waals surface area contributed by atoms with E-state index in [-0.39, 0.29) is 23.9 Å². The van der Waals surface area contributed by atoms with Gasteiger partial charge < -0.3 is 20.1 Å². The Balaban J connectivity index is 2.15. The third-order valence-electron chi connectivity index (χ3n) is 3.78. The summed E-state index contributed by atoms with van der Waals surface area (Å²) in [6.45, 7) is 2.31. The third-order valence-corrected chi connectivity index (χ3v) is 3.78. The number of urea groups is 1. The summed E-state index contributed by atoms with van der Waals surface area (Å²) in [5.41, 5.74) is -0.0125. The molecule has 2 N–H and O–H groups in total. The number of carboxylic acid groups (broad SMARTS) is 1. The number of methoxy groups -OCH3 is 1. The van der Waals surface area contributed by atoms with Crippen molar-refractivity contribution in [2.75, 3.05) is 25.5 Å². The van der Waals surface area contributed by atoms with Crippen molar-refractivity contribution in [3.63, 3.8) is 0 Å². The summed E-state index contributed by atoms with van der Waals surface area (Å²) in [5.74, 6) is -3.79. The number of ether oxygens (including phenoxy) is 1. The fourth-order valence-electron chi connectivity index (χ4n) is 2.69. The van der Waals surface area contributed by atoms with Crippen molar-refractivity contribution in [3.8, 4) is 5.75 Å². The molecule has 23 heavy (non-hydrogen) atoms. The van der Waals surface area contributed by atoms with Gasteiger partial charge in [-0.15, -0.1) is 0 Å². The predicted molar refractivity (Wildman–Crippen MR) is 78.4 cm³/mol. The smallest absolute Gasteiger partial charge is 0.321 e. The number of hydrogen-bond acceptors (Lipinski definition) is 3. The molecule has 1 heterocycles. The van der Waals surface area contributed by atoms with Gasteiger partial charge in [0.1, 0.15) is 5.75 Å². The van der Waals surface area contributed by atoms with Gasteiger partial charge in [-0.25, -0.2) is 13.6 Å². The average Bonchev–Trinajstić information content (AvgIpc) is 2.49. The maximum Gasteiger partial charge on any atom is 0.321 e. The summed E-state index contributed by atoms with van der Waals surface area (Å²) in [7, 11) is 1.27. The molecule has 1 saturated heterocycles. The predicted octanol–water partition coefficient (Wildman–Crippen LogP) is 2.55. The number of hydrogen-bond donors (Lipinski definition) is 2. The van der Waals surface area contributed by atoms with E-state index >= 15 is 0 Å². The first-order valence-electron chi connectivity index (χ1n) is 7.13. The van der Waals surface area contributed by atoms with Crippen LogP contribution in [0.1, 0.15) is 13.3 Å². The molecule has 1 aliphatic heterocycles. The molecule has 0 radical (unpaired) electrons. The molecule has 0 spiro atoms. The Morgan fingerprint density at radius 1 is 1.30 bits per heavy atom. The summed E-state index contributed by atoms with van der Waals surface area (Å²) in [6.07, 6.45) is 0.494. The zero-order chi connectivity index (χ0) is 17.1. The highest BCUT2D eigenvalue weighted by atomic mass is 19.2. The average molecular weight is 328 g/mol. The van der Waals surface area contributed by atoms with Gasteiger partial charge >= 0.3 is 12.0 Å². The number of likely N-dealkylation sites (tertiary alicyclic amines) is 1. The highest BCUT2D eigenvalue weighted by molar-refractivity contribution is 5.91. The van der Waals surface area contributed by atoms with Crippen molar-refractivity contribution < 1.29 is 28.2 Å². The Bertz CT molecular complexity index is 624. The molecule has 0 aromatic heterocycles. The minimum absolute atomic E-state index is 0.0125. The van der Waals surface area contributed by atoms with E-state index in [0.717, 1.165) is 12.1 Å². The molecule has 2 amide bonds. The van der Waals surface area contributed by atoms with Gasteiger partial charge in [-0.05, 0) is 12.3 Å². The molecule has 1 aromatic carbocycles. The lowest BCUT2D eigenvalue weighted by atomic mass is 9.91. The van der Waals surface area contributed by atoms with Gasteiger partial charge in [-0.2, -0.15) is 0 Å². The van der Waals surface area contributed by atoms with Crippen LogP contribution in [-0.2, 0) is 4.79 Å². The lowest BCUT2D eigenvalue weighted by molar-refractivity contribution is -0.143. The van der Waals surface area contributed by atoms with Crippen molar-refractivity contribution >= 4 is 17.7 Å². The number of piperidine rings is 1. The number of nitrogens with one attached hydrogen (secondary N) is 1. The van der Waals surface area contributed by atoms with Gasteiger partial charge in [0.15, 0.2) is 11.6 Å². The van der Waals surface area contributed by atoms with E-state index in [9.17, 15) is 18.4 Å². The Kier molecular flexibility index (Phi) is 5.02. The van der Waals surface area contributed by atoms with Crippen molar-refractivity contribution in [2.24, 2.45) is 11.8 Å². The van der Waals surface area contributed by atoms with E-state index in [1.165, 1.54) is 12.0 Å². The lowest BCUT2D eigenvalue weighted by Gasteiger charge is -2.34. The molecular weight excluding hydrogens is 310 g/mol. The molecular formula is C15H18F2N2O4. The first-order valence-corrected chi connectivity index (χ1v) is 7.13. The van der Waals surface area contributed by atoms with Crippen LogP contribution < -0.4 is 10.1 Å². The summed E-state index contributed by atoms with van der Waals surface area (Å²) >= 11 is 0. The maximum absolute atomic E-state index is 13.3.